The lowest BCUT2D eigenvalue weighted by atomic mass is 9.72. The van der Waals surface area contributed by atoms with E-state index in [9.17, 15) is 27.9 Å². The van der Waals surface area contributed by atoms with Gasteiger partial charge in [0.25, 0.3) is 5.56 Å². The maximum atomic E-state index is 13.9. The first-order chi connectivity index (χ1) is 18.6. The number of aliphatic hydroxyl groups is 1. The molecule has 2 aromatic carbocycles. The third kappa shape index (κ3) is 2.68. The van der Waals surface area contributed by atoms with Gasteiger partial charge in [-0.1, -0.05) is 30.3 Å². The number of nitrogens with zero attached hydrogens (tertiary/aromatic N) is 4. The summed E-state index contributed by atoms with van der Waals surface area (Å²) in [4.78, 5) is 47.6. The average Bonchev–Trinajstić information content (AvgIpc) is 3.42. The van der Waals surface area contributed by atoms with Crippen LogP contribution in [0.15, 0.2) is 53.3 Å². The van der Waals surface area contributed by atoms with Crippen LogP contribution in [0.25, 0.3) is 10.9 Å². The number of hydrogen-bond donors (Lipinski definition) is 1. The molecule has 4 aliphatic rings. The van der Waals surface area contributed by atoms with Crippen LogP contribution in [0.1, 0.15) is 56.3 Å². The van der Waals surface area contributed by atoms with Gasteiger partial charge in [0, 0.05) is 12.0 Å². The number of rotatable bonds is 1. The lowest BCUT2D eigenvalue weighted by Gasteiger charge is -2.46. The fourth-order valence-corrected chi connectivity index (χ4v) is 8.84. The number of carbonyl (C=O) groups is 2. The summed E-state index contributed by atoms with van der Waals surface area (Å²) in [5.74, 6) is -3.38. The number of fused-ring (bicyclic) bond motifs is 9. The Morgan fingerprint density at radius 2 is 1.65 bits per heavy atom. The minimum absolute atomic E-state index is 0.0965. The summed E-state index contributed by atoms with van der Waals surface area (Å²) in [6.45, 7) is 6.13. The van der Waals surface area contributed by atoms with E-state index in [2.05, 4.69) is 4.98 Å². The van der Waals surface area contributed by atoms with Gasteiger partial charge < -0.3 is 9.84 Å². The minimum atomic E-state index is -4.01. The van der Waals surface area contributed by atoms with Gasteiger partial charge in [-0.15, -0.1) is 0 Å². The van der Waals surface area contributed by atoms with Crippen LogP contribution in [-0.4, -0.2) is 62.8 Å². The number of amides is 1. The quantitative estimate of drug-likeness (QED) is 0.473. The summed E-state index contributed by atoms with van der Waals surface area (Å²) < 4.78 is 35.6. The van der Waals surface area contributed by atoms with Crippen molar-refractivity contribution < 1.29 is 27.9 Å². The summed E-state index contributed by atoms with van der Waals surface area (Å²) in [6, 6.07) is 12.4. The Kier molecular flexibility index (Phi) is 4.62. The van der Waals surface area contributed by atoms with E-state index in [-0.39, 0.29) is 17.6 Å². The summed E-state index contributed by atoms with van der Waals surface area (Å²) >= 11 is 0. The molecule has 2 saturated heterocycles. The lowest BCUT2D eigenvalue weighted by Crippen LogP contribution is -2.61. The van der Waals surface area contributed by atoms with E-state index < -0.39 is 61.8 Å². The molecular formula is C28H28N4O7S. The highest BCUT2D eigenvalue weighted by atomic mass is 32.2. The monoisotopic (exact) mass is 564 g/mol. The van der Waals surface area contributed by atoms with E-state index in [1.807, 2.05) is 0 Å². The molecule has 1 aromatic heterocycles. The largest absolute Gasteiger partial charge is 0.363 e. The number of hydrogen-bond acceptors (Lipinski definition) is 8. The van der Waals surface area contributed by atoms with E-state index in [0.29, 0.717) is 16.8 Å². The van der Waals surface area contributed by atoms with Gasteiger partial charge in [-0.25, -0.2) is 13.4 Å². The molecule has 4 atom stereocenters. The van der Waals surface area contributed by atoms with E-state index in [1.165, 1.54) is 37.2 Å². The van der Waals surface area contributed by atoms with Crippen molar-refractivity contribution in [3.8, 4) is 0 Å². The minimum Gasteiger partial charge on any atom is -0.363 e. The first-order valence-corrected chi connectivity index (χ1v) is 14.9. The van der Waals surface area contributed by atoms with Crippen molar-refractivity contribution in [1.82, 2.24) is 13.9 Å². The van der Waals surface area contributed by atoms with Crippen LogP contribution in [0.4, 0.5) is 5.69 Å². The summed E-state index contributed by atoms with van der Waals surface area (Å²) in [5, 5.41) is 12.7. The molecule has 3 aromatic rings. The van der Waals surface area contributed by atoms with E-state index in [1.54, 1.807) is 48.5 Å². The summed E-state index contributed by atoms with van der Waals surface area (Å²) in [7, 11) is -4.01. The molecule has 0 radical (unpaired) electrons. The van der Waals surface area contributed by atoms with Crippen molar-refractivity contribution in [3.05, 3.63) is 70.3 Å². The average molecular weight is 565 g/mol. The van der Waals surface area contributed by atoms with Gasteiger partial charge in [0.2, 0.25) is 27.5 Å². The van der Waals surface area contributed by atoms with Gasteiger partial charge in [-0.2, -0.15) is 4.31 Å². The zero-order chi connectivity index (χ0) is 28.8. The molecule has 208 valence electrons. The SMILES string of the molecule is CC1(C)C(=O)N2c3ccccc3[C@@]3(C[C@H]4n5c(nc6ccccc6c5=O)C(=O)C(C)(C)[C@@]4(O)O3)[C@@H]2N1S(C)(=O)=O. The number of benzene rings is 2. The molecule has 1 spiro atoms. The Hall–Kier alpha value is -3.45. The molecule has 12 heteroatoms. The van der Waals surface area contributed by atoms with E-state index in [4.69, 9.17) is 4.74 Å². The Morgan fingerprint density at radius 1 is 1.00 bits per heavy atom. The standard InChI is InChI=1S/C28H28N4O7S/c1-25(2)20(33)21-29-17-12-8-6-10-15(17)22(34)31(21)19-14-27(39-28(19,25)36)16-11-7-9-13-18(16)30-23(27)32(40(5,37)38)26(3,4)24(30)35/h6-13,19,23,36H,14H2,1-5H3/t19-,23+,27+,28+/m1/s1. The smallest absolute Gasteiger partial charge is 0.262 e. The Bertz CT molecular complexity index is 1870. The number of anilines is 1. The predicted molar refractivity (Wildman–Crippen MR) is 144 cm³/mol. The second kappa shape index (κ2) is 7.24. The number of ketones is 1. The number of ether oxygens (including phenoxy) is 1. The van der Waals surface area contributed by atoms with Crippen LogP contribution < -0.4 is 10.5 Å². The van der Waals surface area contributed by atoms with Crippen molar-refractivity contribution in [2.75, 3.05) is 11.2 Å². The fourth-order valence-electron chi connectivity index (χ4n) is 7.31. The molecule has 0 bridgehead atoms. The molecule has 1 amide bonds. The number of aromatic nitrogens is 2. The van der Waals surface area contributed by atoms with Crippen LogP contribution in [0.5, 0.6) is 0 Å². The molecular weight excluding hydrogens is 536 g/mol. The highest BCUT2D eigenvalue weighted by Gasteiger charge is 2.77. The first kappa shape index (κ1) is 25.5. The zero-order valence-electron chi connectivity index (χ0n) is 22.6. The topological polar surface area (TPSA) is 139 Å². The van der Waals surface area contributed by atoms with E-state index >= 15 is 0 Å². The summed E-state index contributed by atoms with van der Waals surface area (Å²) in [5.41, 5.74) is -3.87. The van der Waals surface area contributed by atoms with Gasteiger partial charge in [-0.05, 0) is 45.9 Å². The number of sulfonamides is 1. The van der Waals surface area contributed by atoms with Crippen LogP contribution >= 0.6 is 0 Å². The fraction of sp³-hybridized carbons (Fsp3) is 0.429. The van der Waals surface area contributed by atoms with Crippen molar-refractivity contribution in [3.63, 3.8) is 0 Å². The normalized spacial score (nSPS) is 31.9. The van der Waals surface area contributed by atoms with Gasteiger partial charge >= 0.3 is 0 Å². The highest BCUT2D eigenvalue weighted by molar-refractivity contribution is 7.88. The van der Waals surface area contributed by atoms with Crippen LogP contribution in [0.2, 0.25) is 0 Å². The predicted octanol–water partition coefficient (Wildman–Crippen LogP) is 1.89. The van der Waals surface area contributed by atoms with Crippen molar-refractivity contribution in [1.29, 1.82) is 0 Å². The summed E-state index contributed by atoms with van der Waals surface area (Å²) in [6.07, 6.45) is -0.265. The highest BCUT2D eigenvalue weighted by Crippen LogP contribution is 2.66. The van der Waals surface area contributed by atoms with Gasteiger partial charge in [0.15, 0.2) is 5.82 Å². The maximum Gasteiger partial charge on any atom is 0.262 e. The number of para-hydroxylation sites is 2. The van der Waals surface area contributed by atoms with Crippen molar-refractivity contribution in [2.24, 2.45) is 5.41 Å². The zero-order valence-corrected chi connectivity index (χ0v) is 23.4. The molecule has 0 saturated carbocycles. The van der Waals surface area contributed by atoms with E-state index in [0.717, 1.165) is 10.6 Å². The first-order valence-electron chi connectivity index (χ1n) is 13.0. The molecule has 0 aliphatic carbocycles. The second-order valence-electron chi connectivity index (χ2n) is 12.2. The van der Waals surface area contributed by atoms with Crippen LogP contribution in [0, 0.1) is 5.41 Å². The lowest BCUT2D eigenvalue weighted by molar-refractivity contribution is -0.288. The molecule has 40 heavy (non-hydrogen) atoms. The molecule has 2 fully saturated rings. The number of carbonyl (C=O) groups excluding carboxylic acids is 2. The Morgan fingerprint density at radius 3 is 2.35 bits per heavy atom. The van der Waals surface area contributed by atoms with Crippen LogP contribution in [-0.2, 0) is 25.2 Å². The second-order valence-corrected chi connectivity index (χ2v) is 14.0. The third-order valence-electron chi connectivity index (χ3n) is 9.23. The molecule has 4 aliphatic heterocycles. The van der Waals surface area contributed by atoms with Gasteiger partial charge in [0.1, 0.15) is 17.3 Å². The molecule has 1 N–H and O–H groups in total. The van der Waals surface area contributed by atoms with Crippen molar-refractivity contribution in [2.45, 2.75) is 63.3 Å². The molecule has 11 nitrogen and oxygen atoms in total. The van der Waals surface area contributed by atoms with Gasteiger partial charge in [-0.3, -0.25) is 23.9 Å². The molecule has 0 unspecified atom stereocenters. The Labute approximate surface area is 230 Å². The Balaban J connectivity index is 1.55. The molecule has 5 heterocycles. The van der Waals surface area contributed by atoms with Gasteiger partial charge in [0.05, 0.1) is 34.3 Å². The third-order valence-corrected chi connectivity index (χ3v) is 10.6. The maximum absolute atomic E-state index is 13.9. The number of Topliss-reactive ketones (excluding diaryl/α,β-unsaturated/α-hetero) is 1. The molecule has 7 rings (SSSR count). The van der Waals surface area contributed by atoms with Crippen molar-refractivity contribution >= 4 is 38.3 Å². The van der Waals surface area contributed by atoms with Crippen LogP contribution in [0.3, 0.4) is 0 Å².